The number of benzene rings is 1. The van der Waals surface area contributed by atoms with E-state index in [0.717, 1.165) is 16.9 Å². The number of halogens is 2. The van der Waals surface area contributed by atoms with Crippen molar-refractivity contribution >= 4 is 5.91 Å². The molecule has 0 atom stereocenters. The smallest absolute Gasteiger partial charge is 0.387 e. The minimum atomic E-state index is -2.83. The molecular formula is C17H19F2NO3. The Morgan fingerprint density at radius 3 is 2.35 bits per heavy atom. The van der Waals surface area contributed by atoms with E-state index in [1.165, 1.54) is 12.1 Å². The summed E-state index contributed by atoms with van der Waals surface area (Å²) in [4.78, 5) is 12.2. The highest BCUT2D eigenvalue weighted by molar-refractivity contribution is 5.96. The van der Waals surface area contributed by atoms with E-state index in [-0.39, 0.29) is 11.7 Å². The maximum atomic E-state index is 12.2. The molecule has 6 heteroatoms. The molecule has 2 rings (SSSR count). The third kappa shape index (κ3) is 4.31. The van der Waals surface area contributed by atoms with E-state index in [0.29, 0.717) is 24.3 Å². The summed E-state index contributed by atoms with van der Waals surface area (Å²) in [7, 11) is 0. The van der Waals surface area contributed by atoms with Crippen molar-refractivity contribution in [3.63, 3.8) is 0 Å². The largest absolute Gasteiger partial charge is 0.466 e. The van der Waals surface area contributed by atoms with Crippen molar-refractivity contribution in [1.82, 2.24) is 5.32 Å². The van der Waals surface area contributed by atoms with Gasteiger partial charge in [-0.05, 0) is 44.9 Å². The summed E-state index contributed by atoms with van der Waals surface area (Å²) >= 11 is 0. The first-order chi connectivity index (χ1) is 10.9. The van der Waals surface area contributed by atoms with Gasteiger partial charge >= 0.3 is 6.61 Å². The van der Waals surface area contributed by atoms with E-state index in [4.69, 9.17) is 4.42 Å². The molecule has 0 radical (unpaired) electrons. The second kappa shape index (κ2) is 7.26. The van der Waals surface area contributed by atoms with Crippen molar-refractivity contribution < 1.29 is 22.7 Å². The highest BCUT2D eigenvalue weighted by atomic mass is 19.3. The number of amides is 1. The predicted octanol–water partition coefficient (Wildman–Crippen LogP) is 3.78. The molecule has 0 aliphatic heterocycles. The van der Waals surface area contributed by atoms with Gasteiger partial charge in [-0.15, -0.1) is 0 Å². The maximum absolute atomic E-state index is 12.2. The van der Waals surface area contributed by atoms with Crippen molar-refractivity contribution in [3.8, 4) is 5.75 Å². The van der Waals surface area contributed by atoms with Gasteiger partial charge in [-0.1, -0.05) is 12.1 Å². The van der Waals surface area contributed by atoms with E-state index in [1.807, 2.05) is 13.8 Å². The standard InChI is InChI=1S/C17H19F2NO3/c1-10-11(2)22-12(3)15(10)16(21)20-9-8-13-4-6-14(7-5-13)23-17(18)19/h4-7,17H,8-9H2,1-3H3,(H,20,21). The molecule has 124 valence electrons. The molecule has 0 fully saturated rings. The molecule has 0 saturated carbocycles. The fraction of sp³-hybridized carbons (Fsp3) is 0.353. The zero-order valence-corrected chi connectivity index (χ0v) is 13.3. The van der Waals surface area contributed by atoms with Crippen LogP contribution in [0.3, 0.4) is 0 Å². The van der Waals surface area contributed by atoms with Crippen LogP contribution in [-0.4, -0.2) is 19.1 Å². The lowest BCUT2D eigenvalue weighted by atomic mass is 10.1. The number of hydrogen-bond donors (Lipinski definition) is 1. The van der Waals surface area contributed by atoms with Crippen LogP contribution >= 0.6 is 0 Å². The van der Waals surface area contributed by atoms with E-state index in [2.05, 4.69) is 10.1 Å². The monoisotopic (exact) mass is 323 g/mol. The van der Waals surface area contributed by atoms with Gasteiger partial charge in [0, 0.05) is 12.1 Å². The zero-order chi connectivity index (χ0) is 17.0. The summed E-state index contributed by atoms with van der Waals surface area (Å²) in [5, 5.41) is 2.84. The predicted molar refractivity (Wildman–Crippen MR) is 82.0 cm³/mol. The Morgan fingerprint density at radius 2 is 1.83 bits per heavy atom. The van der Waals surface area contributed by atoms with Crippen LogP contribution in [0.5, 0.6) is 5.75 Å². The quantitative estimate of drug-likeness (QED) is 0.880. The van der Waals surface area contributed by atoms with Crippen LogP contribution in [-0.2, 0) is 6.42 Å². The van der Waals surface area contributed by atoms with Crippen LogP contribution in [0.1, 0.15) is 33.0 Å². The van der Waals surface area contributed by atoms with Gasteiger partial charge in [-0.25, -0.2) is 0 Å². The number of nitrogens with one attached hydrogen (secondary N) is 1. The van der Waals surface area contributed by atoms with Crippen molar-refractivity contribution in [2.45, 2.75) is 33.8 Å². The molecule has 0 aliphatic rings. The lowest BCUT2D eigenvalue weighted by Gasteiger charge is -2.07. The van der Waals surface area contributed by atoms with Crippen LogP contribution in [0.15, 0.2) is 28.7 Å². The Hall–Kier alpha value is -2.37. The molecule has 1 aromatic carbocycles. The summed E-state index contributed by atoms with van der Waals surface area (Å²) in [6.07, 6.45) is 0.593. The number of furan rings is 1. The summed E-state index contributed by atoms with van der Waals surface area (Å²) < 4.78 is 33.9. The second-order valence-electron chi connectivity index (χ2n) is 5.24. The minimum absolute atomic E-state index is 0.118. The molecule has 1 N–H and O–H groups in total. The van der Waals surface area contributed by atoms with Gasteiger partial charge in [0.2, 0.25) is 0 Å². The van der Waals surface area contributed by atoms with Crippen LogP contribution < -0.4 is 10.1 Å². The van der Waals surface area contributed by atoms with Crippen LogP contribution in [0.2, 0.25) is 0 Å². The Balaban J connectivity index is 1.88. The number of carbonyl (C=O) groups excluding carboxylic acids is 1. The van der Waals surface area contributed by atoms with Gasteiger partial charge in [0.25, 0.3) is 5.91 Å². The van der Waals surface area contributed by atoms with Gasteiger partial charge in [-0.3, -0.25) is 4.79 Å². The minimum Gasteiger partial charge on any atom is -0.466 e. The topological polar surface area (TPSA) is 51.5 Å². The second-order valence-corrected chi connectivity index (χ2v) is 5.24. The van der Waals surface area contributed by atoms with Crippen molar-refractivity contribution in [2.75, 3.05) is 6.54 Å². The lowest BCUT2D eigenvalue weighted by Crippen LogP contribution is -2.26. The average molecular weight is 323 g/mol. The summed E-state index contributed by atoms with van der Waals surface area (Å²) in [6.45, 7) is 3.04. The van der Waals surface area contributed by atoms with Gasteiger partial charge < -0.3 is 14.5 Å². The first-order valence-electron chi connectivity index (χ1n) is 7.27. The number of aryl methyl sites for hydroxylation is 2. The molecule has 0 aliphatic carbocycles. The van der Waals surface area contributed by atoms with Gasteiger partial charge in [0.15, 0.2) is 0 Å². The zero-order valence-electron chi connectivity index (χ0n) is 13.3. The summed E-state index contributed by atoms with van der Waals surface area (Å²) in [5.74, 6) is 1.29. The third-order valence-electron chi connectivity index (χ3n) is 3.64. The SMILES string of the molecule is Cc1oc(C)c(C(=O)NCCc2ccc(OC(F)F)cc2)c1C. The molecule has 1 heterocycles. The highest BCUT2D eigenvalue weighted by Crippen LogP contribution is 2.20. The number of ether oxygens (including phenoxy) is 1. The molecule has 0 saturated heterocycles. The third-order valence-corrected chi connectivity index (χ3v) is 3.64. The Bertz CT molecular complexity index is 678. The fourth-order valence-electron chi connectivity index (χ4n) is 2.37. The number of alkyl halides is 2. The molecule has 1 amide bonds. The Kier molecular flexibility index (Phi) is 5.36. The Labute approximate surface area is 133 Å². The molecule has 0 unspecified atom stereocenters. The average Bonchev–Trinajstić information content (AvgIpc) is 2.73. The van der Waals surface area contributed by atoms with Crippen molar-refractivity contribution in [2.24, 2.45) is 0 Å². The van der Waals surface area contributed by atoms with Gasteiger partial charge in [0.05, 0.1) is 5.56 Å². The molecule has 23 heavy (non-hydrogen) atoms. The molecule has 4 nitrogen and oxygen atoms in total. The Morgan fingerprint density at radius 1 is 1.17 bits per heavy atom. The fourth-order valence-corrected chi connectivity index (χ4v) is 2.37. The molecule has 1 aromatic heterocycles. The number of carbonyl (C=O) groups is 1. The van der Waals surface area contributed by atoms with Crippen LogP contribution in [0, 0.1) is 20.8 Å². The molecule has 0 spiro atoms. The number of hydrogen-bond acceptors (Lipinski definition) is 3. The molecular weight excluding hydrogens is 304 g/mol. The first-order valence-corrected chi connectivity index (χ1v) is 7.27. The van der Waals surface area contributed by atoms with E-state index in [9.17, 15) is 13.6 Å². The van der Waals surface area contributed by atoms with Gasteiger partial charge in [-0.2, -0.15) is 8.78 Å². The van der Waals surface area contributed by atoms with Gasteiger partial charge in [0.1, 0.15) is 17.3 Å². The normalized spacial score (nSPS) is 10.9. The van der Waals surface area contributed by atoms with Crippen molar-refractivity contribution in [3.05, 3.63) is 52.5 Å². The summed E-state index contributed by atoms with van der Waals surface area (Å²) in [5.41, 5.74) is 2.33. The van der Waals surface area contributed by atoms with E-state index in [1.54, 1.807) is 19.1 Å². The van der Waals surface area contributed by atoms with Crippen LogP contribution in [0.4, 0.5) is 8.78 Å². The van der Waals surface area contributed by atoms with E-state index >= 15 is 0 Å². The first kappa shape index (κ1) is 17.0. The highest BCUT2D eigenvalue weighted by Gasteiger charge is 2.17. The summed E-state index contributed by atoms with van der Waals surface area (Å²) in [6, 6.07) is 6.36. The van der Waals surface area contributed by atoms with E-state index < -0.39 is 6.61 Å². The molecule has 0 bridgehead atoms. The molecule has 2 aromatic rings. The van der Waals surface area contributed by atoms with Crippen LogP contribution in [0.25, 0.3) is 0 Å². The van der Waals surface area contributed by atoms with Crippen molar-refractivity contribution in [1.29, 1.82) is 0 Å². The number of rotatable bonds is 6. The maximum Gasteiger partial charge on any atom is 0.387 e. The lowest BCUT2D eigenvalue weighted by molar-refractivity contribution is -0.0498.